The molecule has 5 nitrogen and oxygen atoms in total. The van der Waals surface area contributed by atoms with Crippen molar-refractivity contribution in [1.82, 2.24) is 5.32 Å². The minimum atomic E-state index is -0.192. The molecular weight excluding hydrogens is 420 g/mol. The summed E-state index contributed by atoms with van der Waals surface area (Å²) in [5, 5.41) is 2.98. The van der Waals surface area contributed by atoms with Gasteiger partial charge in [-0.25, -0.2) is 4.40 Å². The number of carbonyl (C=O) groups is 1. The average molecular weight is 449 g/mol. The van der Waals surface area contributed by atoms with E-state index in [4.69, 9.17) is 9.47 Å². The van der Waals surface area contributed by atoms with Crippen molar-refractivity contribution in [3.05, 3.63) is 83.4 Å². The maximum Gasteiger partial charge on any atom is 0.271 e. The first kappa shape index (κ1) is 23.4. The van der Waals surface area contributed by atoms with Crippen molar-refractivity contribution in [3.63, 3.8) is 0 Å². The van der Waals surface area contributed by atoms with Crippen LogP contribution in [-0.4, -0.2) is 38.6 Å². The van der Waals surface area contributed by atoms with Gasteiger partial charge in [0.15, 0.2) is 11.5 Å². The Morgan fingerprint density at radius 2 is 1.53 bits per heavy atom. The first-order chi connectivity index (χ1) is 15.5. The summed E-state index contributed by atoms with van der Waals surface area (Å²) >= 11 is 1.27. The van der Waals surface area contributed by atoms with Gasteiger partial charge in [-0.1, -0.05) is 60.2 Å². The van der Waals surface area contributed by atoms with Gasteiger partial charge in [0.1, 0.15) is 5.71 Å². The topological polar surface area (TPSA) is 59.9 Å². The number of ether oxygens (including phenoxy) is 2. The number of hydrogen-bond acceptors (Lipinski definition) is 5. The normalized spacial score (nSPS) is 11.2. The number of hydrogen-bond donors (Lipinski definition) is 1. The average Bonchev–Trinajstić information content (AvgIpc) is 2.83. The van der Waals surface area contributed by atoms with Crippen molar-refractivity contribution in [3.8, 4) is 22.6 Å². The van der Waals surface area contributed by atoms with Crippen LogP contribution in [0.5, 0.6) is 11.5 Å². The molecule has 0 saturated heterocycles. The van der Waals surface area contributed by atoms with Gasteiger partial charge in [0, 0.05) is 18.4 Å². The first-order valence-electron chi connectivity index (χ1n) is 10.3. The van der Waals surface area contributed by atoms with E-state index in [1.807, 2.05) is 48.7 Å². The van der Waals surface area contributed by atoms with Crippen molar-refractivity contribution in [2.75, 3.05) is 27.0 Å². The summed E-state index contributed by atoms with van der Waals surface area (Å²) in [6, 6.07) is 22.1. The number of methoxy groups -OCH3 is 2. The maximum absolute atomic E-state index is 12.8. The highest BCUT2D eigenvalue weighted by Crippen LogP contribution is 2.27. The lowest BCUT2D eigenvalue weighted by Gasteiger charge is -2.11. The van der Waals surface area contributed by atoms with Gasteiger partial charge in [-0.15, -0.1) is 0 Å². The van der Waals surface area contributed by atoms with E-state index in [0.29, 0.717) is 30.2 Å². The molecule has 0 radical (unpaired) electrons. The predicted molar refractivity (Wildman–Crippen MR) is 133 cm³/mol. The molecule has 0 heterocycles. The molecule has 0 spiro atoms. The Kier molecular flexibility index (Phi) is 8.34. The number of rotatable bonds is 9. The van der Waals surface area contributed by atoms with Gasteiger partial charge >= 0.3 is 0 Å². The zero-order valence-corrected chi connectivity index (χ0v) is 19.7. The summed E-state index contributed by atoms with van der Waals surface area (Å²) in [5.41, 5.74) is 5.73. The summed E-state index contributed by atoms with van der Waals surface area (Å²) in [7, 11) is 3.22. The van der Waals surface area contributed by atoms with E-state index in [1.165, 1.54) is 17.5 Å². The number of aryl methyl sites for hydroxylation is 1. The second-order valence-corrected chi connectivity index (χ2v) is 7.81. The molecule has 0 aliphatic carbocycles. The van der Waals surface area contributed by atoms with Gasteiger partial charge in [-0.05, 0) is 54.1 Å². The molecule has 0 aliphatic heterocycles. The van der Waals surface area contributed by atoms with E-state index in [9.17, 15) is 4.79 Å². The lowest BCUT2D eigenvalue weighted by molar-refractivity contribution is -0.114. The minimum Gasteiger partial charge on any atom is -0.493 e. The Balaban J connectivity index is 1.66. The molecule has 32 heavy (non-hydrogen) atoms. The van der Waals surface area contributed by atoms with Crippen LogP contribution in [0.3, 0.4) is 0 Å². The van der Waals surface area contributed by atoms with Gasteiger partial charge < -0.3 is 14.8 Å². The highest BCUT2D eigenvalue weighted by atomic mass is 32.2. The summed E-state index contributed by atoms with van der Waals surface area (Å²) in [5.74, 6) is 1.17. The fraction of sp³-hybridized carbons (Fsp3) is 0.231. The summed E-state index contributed by atoms with van der Waals surface area (Å²) < 4.78 is 15.0. The number of benzene rings is 3. The maximum atomic E-state index is 12.8. The van der Waals surface area contributed by atoms with E-state index in [2.05, 4.69) is 40.9 Å². The number of nitrogens with one attached hydrogen (secondary N) is 1. The highest BCUT2D eigenvalue weighted by Gasteiger charge is 2.14. The molecule has 0 bridgehead atoms. The van der Waals surface area contributed by atoms with Crippen LogP contribution in [0.15, 0.2) is 71.1 Å². The minimum absolute atomic E-state index is 0.192. The molecule has 0 aliphatic rings. The Labute approximate surface area is 194 Å². The quantitative estimate of drug-likeness (QED) is 0.365. The first-order valence-corrected chi connectivity index (χ1v) is 11.5. The molecule has 3 aromatic rings. The SMILES string of the molecule is COc1ccc(CCNC(=O)/C(=N\SC)c2ccc(-c3ccc(C)cc3)cc2)cc1OC. The Hall–Kier alpha value is -3.25. The van der Waals surface area contributed by atoms with Crippen LogP contribution in [0.2, 0.25) is 0 Å². The Bertz CT molecular complexity index is 1080. The zero-order chi connectivity index (χ0) is 22.9. The van der Waals surface area contributed by atoms with Gasteiger partial charge in [-0.3, -0.25) is 4.79 Å². The van der Waals surface area contributed by atoms with Gasteiger partial charge in [0.05, 0.1) is 14.2 Å². The van der Waals surface area contributed by atoms with E-state index in [-0.39, 0.29) is 5.91 Å². The Morgan fingerprint density at radius 3 is 2.12 bits per heavy atom. The van der Waals surface area contributed by atoms with E-state index < -0.39 is 0 Å². The molecule has 0 saturated carbocycles. The molecule has 0 unspecified atom stereocenters. The molecule has 1 N–H and O–H groups in total. The predicted octanol–water partition coefficient (Wildman–Crippen LogP) is 5.11. The second kappa shape index (κ2) is 11.4. The van der Waals surface area contributed by atoms with Crippen molar-refractivity contribution < 1.29 is 14.3 Å². The van der Waals surface area contributed by atoms with Gasteiger partial charge in [0.2, 0.25) is 0 Å². The molecule has 6 heteroatoms. The monoisotopic (exact) mass is 448 g/mol. The van der Waals surface area contributed by atoms with Crippen LogP contribution >= 0.6 is 11.9 Å². The molecule has 0 atom stereocenters. The summed E-state index contributed by atoms with van der Waals surface area (Å²) in [6.45, 7) is 2.56. The number of amides is 1. The molecular formula is C26H28N2O3S. The Morgan fingerprint density at radius 1 is 0.906 bits per heavy atom. The number of carbonyl (C=O) groups excluding carboxylic acids is 1. The zero-order valence-electron chi connectivity index (χ0n) is 18.8. The fourth-order valence-electron chi connectivity index (χ4n) is 3.32. The van der Waals surface area contributed by atoms with Crippen LogP contribution < -0.4 is 14.8 Å². The lowest BCUT2D eigenvalue weighted by Crippen LogP contribution is -2.33. The van der Waals surface area contributed by atoms with Crippen molar-refractivity contribution in [1.29, 1.82) is 0 Å². The molecule has 0 fully saturated rings. The van der Waals surface area contributed by atoms with Crippen molar-refractivity contribution in [2.24, 2.45) is 4.40 Å². The van der Waals surface area contributed by atoms with E-state index in [1.54, 1.807) is 14.2 Å². The van der Waals surface area contributed by atoms with Crippen LogP contribution in [-0.2, 0) is 11.2 Å². The van der Waals surface area contributed by atoms with Gasteiger partial charge in [-0.2, -0.15) is 0 Å². The molecule has 3 rings (SSSR count). The lowest BCUT2D eigenvalue weighted by atomic mass is 10.0. The van der Waals surface area contributed by atoms with Gasteiger partial charge in [0.25, 0.3) is 5.91 Å². The molecule has 0 aromatic heterocycles. The van der Waals surface area contributed by atoms with E-state index >= 15 is 0 Å². The van der Waals surface area contributed by atoms with Crippen LogP contribution in [0.4, 0.5) is 0 Å². The van der Waals surface area contributed by atoms with Crippen LogP contribution in [0.1, 0.15) is 16.7 Å². The third-order valence-corrected chi connectivity index (χ3v) is 5.45. The van der Waals surface area contributed by atoms with Crippen LogP contribution in [0.25, 0.3) is 11.1 Å². The van der Waals surface area contributed by atoms with Crippen LogP contribution in [0, 0.1) is 6.92 Å². The van der Waals surface area contributed by atoms with E-state index in [0.717, 1.165) is 22.3 Å². The largest absolute Gasteiger partial charge is 0.493 e. The fourth-order valence-corrected chi connectivity index (χ4v) is 3.69. The van der Waals surface area contributed by atoms with Crippen molar-refractivity contribution >= 4 is 23.6 Å². The molecule has 166 valence electrons. The standard InChI is InChI=1S/C26H28N2O3S/c1-18-5-8-20(9-6-18)21-10-12-22(13-11-21)25(28-32-4)26(29)27-16-15-19-7-14-23(30-2)24(17-19)31-3/h5-14,17H,15-16H2,1-4H3,(H,27,29)/b28-25-. The van der Waals surface area contributed by atoms with Crippen molar-refractivity contribution in [2.45, 2.75) is 13.3 Å². The molecule has 1 amide bonds. The number of nitrogens with zero attached hydrogens (tertiary/aromatic N) is 1. The third kappa shape index (κ3) is 5.92. The molecule has 3 aromatic carbocycles. The summed E-state index contributed by atoms with van der Waals surface area (Å²) in [4.78, 5) is 12.8. The smallest absolute Gasteiger partial charge is 0.271 e. The second-order valence-electron chi connectivity index (χ2n) is 7.26. The summed E-state index contributed by atoms with van der Waals surface area (Å²) in [6.07, 6.45) is 2.52. The highest BCUT2D eigenvalue weighted by molar-refractivity contribution is 7.97. The third-order valence-electron chi connectivity index (χ3n) is 5.09.